The van der Waals surface area contributed by atoms with Crippen molar-refractivity contribution in [1.82, 2.24) is 0 Å². The molecule has 0 N–H and O–H groups in total. The number of aryl methyl sites for hydroxylation is 1. The predicted octanol–water partition coefficient (Wildman–Crippen LogP) is 4.38. The molecule has 0 saturated carbocycles. The Morgan fingerprint density at radius 2 is 1.87 bits per heavy atom. The van der Waals surface area contributed by atoms with Crippen LogP contribution in [0.5, 0.6) is 0 Å². The molecular weight excluding hydrogens is 221 g/mol. The van der Waals surface area contributed by atoms with E-state index in [9.17, 15) is 13.2 Å². The lowest BCUT2D eigenvalue weighted by molar-refractivity contribution is -0.137. The van der Waals surface area contributed by atoms with Crippen LogP contribution >= 0.6 is 11.8 Å². The molecule has 0 amide bonds. The summed E-state index contributed by atoms with van der Waals surface area (Å²) in [5.41, 5.74) is 0.217. The van der Waals surface area contributed by atoms with Crippen LogP contribution in [0.15, 0.2) is 23.1 Å². The summed E-state index contributed by atoms with van der Waals surface area (Å²) >= 11 is 1.34. The fourth-order valence-corrected chi connectivity index (χ4v) is 1.89. The Balaban J connectivity index is 3.11. The highest BCUT2D eigenvalue weighted by Gasteiger charge is 2.30. The second kappa shape index (κ2) is 4.92. The molecule has 1 aromatic rings. The summed E-state index contributed by atoms with van der Waals surface area (Å²) in [5.74, 6) is 0. The van der Waals surface area contributed by atoms with Gasteiger partial charge >= 0.3 is 6.18 Å². The molecule has 0 aromatic heterocycles. The van der Waals surface area contributed by atoms with Gasteiger partial charge in [-0.15, -0.1) is 11.8 Å². The monoisotopic (exact) mass is 234 g/mol. The molecule has 0 aliphatic carbocycles. The van der Waals surface area contributed by atoms with Gasteiger partial charge in [-0.2, -0.15) is 13.2 Å². The Bertz CT molecular complexity index is 331. The van der Waals surface area contributed by atoms with Crippen molar-refractivity contribution in [3.05, 3.63) is 29.3 Å². The first-order chi connectivity index (χ1) is 6.97. The zero-order valence-electron chi connectivity index (χ0n) is 8.69. The van der Waals surface area contributed by atoms with Crippen LogP contribution < -0.4 is 0 Å². The standard InChI is InChI=1S/C11H13F3S/c1-3-4-8-5-9(11(12,13)14)7-10(6-8)15-2/h5-7H,3-4H2,1-2H3. The predicted molar refractivity (Wildman–Crippen MR) is 57.2 cm³/mol. The van der Waals surface area contributed by atoms with Gasteiger partial charge in [-0.3, -0.25) is 0 Å². The minimum Gasteiger partial charge on any atom is -0.166 e. The number of alkyl halides is 3. The first kappa shape index (κ1) is 12.4. The van der Waals surface area contributed by atoms with Crippen molar-refractivity contribution in [2.24, 2.45) is 0 Å². The Labute approximate surface area is 91.9 Å². The van der Waals surface area contributed by atoms with Crippen molar-refractivity contribution in [1.29, 1.82) is 0 Å². The van der Waals surface area contributed by atoms with Gasteiger partial charge in [0.1, 0.15) is 0 Å². The van der Waals surface area contributed by atoms with E-state index in [0.29, 0.717) is 11.3 Å². The Morgan fingerprint density at radius 3 is 2.33 bits per heavy atom. The van der Waals surface area contributed by atoms with Gasteiger partial charge in [-0.25, -0.2) is 0 Å². The molecule has 0 aliphatic rings. The van der Waals surface area contributed by atoms with E-state index in [1.807, 2.05) is 13.0 Å². The molecule has 0 bridgehead atoms. The zero-order valence-corrected chi connectivity index (χ0v) is 9.50. The van der Waals surface area contributed by atoms with Gasteiger partial charge in [-0.1, -0.05) is 13.3 Å². The van der Waals surface area contributed by atoms with Crippen LogP contribution in [0.2, 0.25) is 0 Å². The molecule has 0 heterocycles. The molecule has 0 spiro atoms. The van der Waals surface area contributed by atoms with Crippen LogP contribution in [0, 0.1) is 0 Å². The minimum atomic E-state index is -4.24. The quantitative estimate of drug-likeness (QED) is 0.699. The van der Waals surface area contributed by atoms with E-state index in [2.05, 4.69) is 0 Å². The lowest BCUT2D eigenvalue weighted by atomic mass is 10.1. The van der Waals surface area contributed by atoms with Crippen molar-refractivity contribution in [2.75, 3.05) is 6.26 Å². The normalized spacial score (nSPS) is 11.8. The average Bonchev–Trinajstić information content (AvgIpc) is 2.16. The maximum atomic E-state index is 12.5. The van der Waals surface area contributed by atoms with Crippen LogP contribution in [-0.4, -0.2) is 6.26 Å². The molecule has 0 saturated heterocycles. The van der Waals surface area contributed by atoms with Crippen molar-refractivity contribution < 1.29 is 13.2 Å². The second-order valence-corrected chi connectivity index (χ2v) is 4.20. The molecule has 0 nitrogen and oxygen atoms in total. The molecular formula is C11H13F3S. The fraction of sp³-hybridized carbons (Fsp3) is 0.455. The van der Waals surface area contributed by atoms with Gasteiger partial charge in [0, 0.05) is 4.90 Å². The summed E-state index contributed by atoms with van der Waals surface area (Å²) in [4.78, 5) is 0.674. The van der Waals surface area contributed by atoms with Crippen LogP contribution in [0.1, 0.15) is 24.5 Å². The van der Waals surface area contributed by atoms with E-state index >= 15 is 0 Å². The first-order valence-corrected chi connectivity index (χ1v) is 5.95. The molecule has 0 unspecified atom stereocenters. The van der Waals surface area contributed by atoms with Crippen LogP contribution in [0.4, 0.5) is 13.2 Å². The first-order valence-electron chi connectivity index (χ1n) is 4.72. The third-order valence-electron chi connectivity index (χ3n) is 2.07. The van der Waals surface area contributed by atoms with E-state index in [0.717, 1.165) is 12.0 Å². The highest BCUT2D eigenvalue weighted by molar-refractivity contribution is 7.98. The van der Waals surface area contributed by atoms with Gasteiger partial charge in [0.25, 0.3) is 0 Å². The second-order valence-electron chi connectivity index (χ2n) is 3.32. The highest BCUT2D eigenvalue weighted by atomic mass is 32.2. The summed E-state index contributed by atoms with van der Waals surface area (Å²) in [6, 6.07) is 4.26. The molecule has 1 rings (SSSR count). The summed E-state index contributed by atoms with van der Waals surface area (Å²) in [5, 5.41) is 0. The third kappa shape index (κ3) is 3.45. The largest absolute Gasteiger partial charge is 0.416 e. The molecule has 84 valence electrons. The van der Waals surface area contributed by atoms with Crippen molar-refractivity contribution >= 4 is 11.8 Å². The number of hydrogen-bond donors (Lipinski definition) is 0. The lowest BCUT2D eigenvalue weighted by Crippen LogP contribution is -2.05. The van der Waals surface area contributed by atoms with Crippen molar-refractivity contribution in [3.63, 3.8) is 0 Å². The summed E-state index contributed by atoms with van der Waals surface area (Å²) < 4.78 is 37.5. The zero-order chi connectivity index (χ0) is 11.5. The molecule has 0 fully saturated rings. The minimum absolute atomic E-state index is 0.544. The lowest BCUT2D eigenvalue weighted by Gasteiger charge is -2.10. The molecule has 0 radical (unpaired) electrons. The van der Waals surface area contributed by atoms with Crippen LogP contribution in [0.3, 0.4) is 0 Å². The fourth-order valence-electron chi connectivity index (χ4n) is 1.38. The van der Waals surface area contributed by atoms with Crippen LogP contribution in [0.25, 0.3) is 0 Å². The van der Waals surface area contributed by atoms with E-state index in [1.165, 1.54) is 23.9 Å². The topological polar surface area (TPSA) is 0 Å². The number of benzene rings is 1. The Morgan fingerprint density at radius 1 is 1.20 bits per heavy atom. The summed E-state index contributed by atoms with van der Waals surface area (Å²) in [7, 11) is 0. The molecule has 4 heteroatoms. The van der Waals surface area contributed by atoms with E-state index in [4.69, 9.17) is 0 Å². The third-order valence-corrected chi connectivity index (χ3v) is 2.78. The van der Waals surface area contributed by atoms with Crippen LogP contribution in [-0.2, 0) is 12.6 Å². The van der Waals surface area contributed by atoms with E-state index in [1.54, 1.807) is 6.26 Å². The maximum Gasteiger partial charge on any atom is 0.416 e. The van der Waals surface area contributed by atoms with Gasteiger partial charge in [0.05, 0.1) is 5.56 Å². The van der Waals surface area contributed by atoms with Gasteiger partial charge in [0.2, 0.25) is 0 Å². The van der Waals surface area contributed by atoms with Gasteiger partial charge < -0.3 is 0 Å². The molecule has 1 aromatic carbocycles. The average molecular weight is 234 g/mol. The van der Waals surface area contributed by atoms with E-state index in [-0.39, 0.29) is 0 Å². The Kier molecular flexibility index (Phi) is 4.08. The molecule has 15 heavy (non-hydrogen) atoms. The number of thioether (sulfide) groups is 1. The SMILES string of the molecule is CCCc1cc(SC)cc(C(F)(F)F)c1. The maximum absolute atomic E-state index is 12.5. The summed E-state index contributed by atoms with van der Waals surface area (Å²) in [6.45, 7) is 1.96. The smallest absolute Gasteiger partial charge is 0.166 e. The number of rotatable bonds is 3. The molecule has 0 atom stereocenters. The van der Waals surface area contributed by atoms with Crippen molar-refractivity contribution in [3.8, 4) is 0 Å². The number of hydrogen-bond acceptors (Lipinski definition) is 1. The van der Waals surface area contributed by atoms with Gasteiger partial charge in [0.15, 0.2) is 0 Å². The highest BCUT2D eigenvalue weighted by Crippen LogP contribution is 2.32. The number of halogens is 3. The summed E-state index contributed by atoms with van der Waals surface area (Å²) in [6.07, 6.45) is -0.911. The molecule has 0 aliphatic heterocycles. The van der Waals surface area contributed by atoms with E-state index < -0.39 is 11.7 Å². The van der Waals surface area contributed by atoms with Gasteiger partial charge in [-0.05, 0) is 36.4 Å². The van der Waals surface area contributed by atoms with Crippen molar-refractivity contribution in [2.45, 2.75) is 30.8 Å². The Hall–Kier alpha value is -0.640.